The first-order valence-corrected chi connectivity index (χ1v) is 7.46. The molecule has 24 heavy (non-hydrogen) atoms. The molecule has 2 rings (SSSR count). The Balaban J connectivity index is 2.08. The van der Waals surface area contributed by atoms with Crippen LogP contribution in [0.2, 0.25) is 0 Å². The van der Waals surface area contributed by atoms with Gasteiger partial charge in [0.1, 0.15) is 11.5 Å². The van der Waals surface area contributed by atoms with Crippen LogP contribution < -0.4 is 5.32 Å². The minimum atomic E-state index is -1.08. The van der Waals surface area contributed by atoms with Gasteiger partial charge < -0.3 is 10.4 Å². The second kappa shape index (κ2) is 6.78. The topological polar surface area (TPSA) is 79.3 Å². The third-order valence-corrected chi connectivity index (χ3v) is 3.87. The zero-order valence-corrected chi connectivity index (χ0v) is 13.8. The van der Waals surface area contributed by atoms with Gasteiger partial charge >= 0.3 is 5.97 Å². The Morgan fingerprint density at radius 1 is 1.17 bits per heavy atom. The fourth-order valence-corrected chi connectivity index (χ4v) is 2.31. The highest BCUT2D eigenvalue weighted by Crippen LogP contribution is 2.22. The van der Waals surface area contributed by atoms with Crippen molar-refractivity contribution in [3.8, 4) is 0 Å². The lowest BCUT2D eigenvalue weighted by molar-refractivity contribution is 0.0694. The van der Waals surface area contributed by atoms with Crippen LogP contribution in [0, 0.1) is 12.7 Å². The molecule has 6 heteroatoms. The summed E-state index contributed by atoms with van der Waals surface area (Å²) in [6, 6.07) is 8.89. The van der Waals surface area contributed by atoms with Crippen LogP contribution in [0.3, 0.4) is 0 Å². The number of carbonyl (C=O) groups excluding carboxylic acids is 1. The molecule has 0 spiro atoms. The molecule has 2 aromatic rings. The highest BCUT2D eigenvalue weighted by atomic mass is 19.1. The van der Waals surface area contributed by atoms with Gasteiger partial charge in [0.05, 0.1) is 11.3 Å². The monoisotopic (exact) mass is 330 g/mol. The van der Waals surface area contributed by atoms with E-state index in [0.717, 1.165) is 5.56 Å². The number of amides is 1. The van der Waals surface area contributed by atoms with Gasteiger partial charge in [-0.2, -0.15) is 0 Å². The summed E-state index contributed by atoms with van der Waals surface area (Å²) in [7, 11) is 0. The first-order chi connectivity index (χ1) is 11.2. The first-order valence-electron chi connectivity index (χ1n) is 7.46. The van der Waals surface area contributed by atoms with Crippen molar-refractivity contribution in [2.45, 2.75) is 26.2 Å². The predicted octanol–water partition coefficient (Wildman–Crippen LogP) is 2.93. The summed E-state index contributed by atoms with van der Waals surface area (Å²) in [4.78, 5) is 27.2. The molecule has 1 amide bonds. The SMILES string of the molecule is Cc1nc(C(=O)NCC(C)(C)c2ccc(F)cc2)ccc1C(=O)O. The van der Waals surface area contributed by atoms with E-state index in [0.29, 0.717) is 6.54 Å². The van der Waals surface area contributed by atoms with Gasteiger partial charge in [-0.05, 0) is 36.8 Å². The fourth-order valence-electron chi connectivity index (χ4n) is 2.31. The third-order valence-electron chi connectivity index (χ3n) is 3.87. The highest BCUT2D eigenvalue weighted by Gasteiger charge is 2.22. The Kier molecular flexibility index (Phi) is 4.97. The van der Waals surface area contributed by atoms with Crippen LogP contribution in [-0.2, 0) is 5.41 Å². The van der Waals surface area contributed by atoms with E-state index in [4.69, 9.17) is 5.11 Å². The standard InChI is InChI=1S/C18H19FN2O3/c1-11-14(17(23)24)8-9-15(21-11)16(22)20-10-18(2,3)12-4-6-13(19)7-5-12/h4-9H,10H2,1-3H3,(H,20,22)(H,23,24). The van der Waals surface area contributed by atoms with E-state index in [1.807, 2.05) is 13.8 Å². The second-order valence-corrected chi connectivity index (χ2v) is 6.21. The smallest absolute Gasteiger partial charge is 0.337 e. The maximum atomic E-state index is 13.0. The van der Waals surface area contributed by atoms with Gasteiger partial charge in [0.15, 0.2) is 0 Å². The number of carboxylic acid groups (broad SMARTS) is 1. The normalized spacial score (nSPS) is 11.2. The molecular formula is C18H19FN2O3. The molecule has 1 aromatic heterocycles. The largest absolute Gasteiger partial charge is 0.478 e. The lowest BCUT2D eigenvalue weighted by Crippen LogP contribution is -2.37. The summed E-state index contributed by atoms with van der Waals surface area (Å²) >= 11 is 0. The highest BCUT2D eigenvalue weighted by molar-refractivity contribution is 5.94. The second-order valence-electron chi connectivity index (χ2n) is 6.21. The number of hydrogen-bond acceptors (Lipinski definition) is 3. The number of halogens is 1. The van der Waals surface area contributed by atoms with Gasteiger partial charge in [-0.15, -0.1) is 0 Å². The summed E-state index contributed by atoms with van der Waals surface area (Å²) < 4.78 is 13.0. The average molecular weight is 330 g/mol. The first kappa shape index (κ1) is 17.6. The van der Waals surface area contributed by atoms with Crippen molar-refractivity contribution in [1.29, 1.82) is 0 Å². The van der Waals surface area contributed by atoms with Gasteiger partial charge in [0.25, 0.3) is 5.91 Å². The van der Waals surface area contributed by atoms with E-state index in [2.05, 4.69) is 10.3 Å². The summed E-state index contributed by atoms with van der Waals surface area (Å²) in [6.45, 7) is 5.75. The molecule has 0 unspecified atom stereocenters. The van der Waals surface area contributed by atoms with Crippen LogP contribution in [0.5, 0.6) is 0 Å². The number of aromatic nitrogens is 1. The van der Waals surface area contributed by atoms with Crippen LogP contribution >= 0.6 is 0 Å². The number of carbonyl (C=O) groups is 2. The number of aryl methyl sites for hydroxylation is 1. The molecular weight excluding hydrogens is 311 g/mol. The maximum Gasteiger partial charge on any atom is 0.337 e. The molecule has 126 valence electrons. The van der Waals surface area contributed by atoms with Gasteiger partial charge in [0.2, 0.25) is 0 Å². The number of pyridine rings is 1. The van der Waals surface area contributed by atoms with Gasteiger partial charge in [-0.1, -0.05) is 26.0 Å². The minimum Gasteiger partial charge on any atom is -0.478 e. The van der Waals surface area contributed by atoms with E-state index in [1.54, 1.807) is 19.1 Å². The van der Waals surface area contributed by atoms with Gasteiger partial charge in [0, 0.05) is 12.0 Å². The van der Waals surface area contributed by atoms with E-state index in [-0.39, 0.29) is 34.1 Å². The van der Waals surface area contributed by atoms with E-state index in [9.17, 15) is 14.0 Å². The molecule has 0 saturated carbocycles. The lowest BCUT2D eigenvalue weighted by Gasteiger charge is -2.25. The number of nitrogens with zero attached hydrogens (tertiary/aromatic N) is 1. The summed E-state index contributed by atoms with van der Waals surface area (Å²) in [6.07, 6.45) is 0. The number of carboxylic acids is 1. The van der Waals surface area contributed by atoms with E-state index in [1.165, 1.54) is 24.3 Å². The van der Waals surface area contributed by atoms with Gasteiger partial charge in [-0.25, -0.2) is 14.2 Å². The van der Waals surface area contributed by atoms with Crippen molar-refractivity contribution in [3.05, 3.63) is 64.7 Å². The van der Waals surface area contributed by atoms with Crippen molar-refractivity contribution in [1.82, 2.24) is 10.3 Å². The fraction of sp³-hybridized carbons (Fsp3) is 0.278. The van der Waals surface area contributed by atoms with Crippen LogP contribution in [0.15, 0.2) is 36.4 Å². The molecule has 0 fully saturated rings. The van der Waals surface area contributed by atoms with E-state index < -0.39 is 5.97 Å². The zero-order chi connectivity index (χ0) is 17.9. The third kappa shape index (κ3) is 3.95. The van der Waals surface area contributed by atoms with Crippen molar-refractivity contribution >= 4 is 11.9 Å². The van der Waals surface area contributed by atoms with Crippen molar-refractivity contribution in [2.24, 2.45) is 0 Å². The molecule has 0 radical (unpaired) electrons. The molecule has 5 nitrogen and oxygen atoms in total. The Bertz CT molecular complexity index is 770. The zero-order valence-electron chi connectivity index (χ0n) is 13.8. The summed E-state index contributed by atoms with van der Waals surface area (Å²) in [5, 5.41) is 11.8. The number of rotatable bonds is 5. The van der Waals surface area contributed by atoms with Crippen molar-refractivity contribution in [2.75, 3.05) is 6.54 Å². The Labute approximate surface area is 139 Å². The van der Waals surface area contributed by atoms with E-state index >= 15 is 0 Å². The maximum absolute atomic E-state index is 13.0. The Morgan fingerprint density at radius 3 is 2.33 bits per heavy atom. The van der Waals surface area contributed by atoms with Crippen LogP contribution in [0.1, 0.15) is 46.0 Å². The Hall–Kier alpha value is -2.76. The number of hydrogen-bond donors (Lipinski definition) is 2. The van der Waals surface area contributed by atoms with Crippen LogP contribution in [-0.4, -0.2) is 28.5 Å². The predicted molar refractivity (Wildman–Crippen MR) is 87.7 cm³/mol. The molecule has 0 aliphatic heterocycles. The molecule has 0 aliphatic rings. The van der Waals surface area contributed by atoms with Gasteiger partial charge in [-0.3, -0.25) is 4.79 Å². The molecule has 2 N–H and O–H groups in total. The van der Waals surface area contributed by atoms with Crippen LogP contribution in [0.25, 0.3) is 0 Å². The number of nitrogens with one attached hydrogen (secondary N) is 1. The summed E-state index contributed by atoms with van der Waals surface area (Å²) in [5.74, 6) is -1.77. The van der Waals surface area contributed by atoms with Crippen molar-refractivity contribution < 1.29 is 19.1 Å². The van der Waals surface area contributed by atoms with Crippen molar-refractivity contribution in [3.63, 3.8) is 0 Å². The quantitative estimate of drug-likeness (QED) is 0.883. The average Bonchev–Trinajstić information content (AvgIpc) is 2.52. The number of benzene rings is 1. The molecule has 1 heterocycles. The van der Waals surface area contributed by atoms with Crippen LogP contribution in [0.4, 0.5) is 4.39 Å². The summed E-state index contributed by atoms with van der Waals surface area (Å²) in [5.41, 5.74) is 1.02. The minimum absolute atomic E-state index is 0.0678. The molecule has 0 bridgehead atoms. The Morgan fingerprint density at radius 2 is 1.79 bits per heavy atom. The molecule has 1 aromatic carbocycles. The lowest BCUT2D eigenvalue weighted by atomic mass is 9.84. The molecule has 0 atom stereocenters. The molecule has 0 aliphatic carbocycles. The molecule has 0 saturated heterocycles. The number of aromatic carboxylic acids is 1.